The SMILES string of the molecule is NC(=O)CSc1cc(C(=O)O)c([N+](=O)[O-])cc1F. The van der Waals surface area contributed by atoms with E-state index in [1.165, 1.54) is 0 Å². The number of amides is 1. The summed E-state index contributed by atoms with van der Waals surface area (Å²) in [6.45, 7) is 0. The van der Waals surface area contributed by atoms with Crippen LogP contribution in [-0.4, -0.2) is 27.7 Å². The lowest BCUT2D eigenvalue weighted by Crippen LogP contribution is -2.13. The van der Waals surface area contributed by atoms with Crippen molar-refractivity contribution in [1.82, 2.24) is 0 Å². The number of carboxylic acids is 1. The van der Waals surface area contributed by atoms with Gasteiger partial charge in [0.1, 0.15) is 11.4 Å². The molecule has 0 atom stereocenters. The molecule has 0 fully saturated rings. The van der Waals surface area contributed by atoms with Gasteiger partial charge in [-0.1, -0.05) is 0 Å². The van der Waals surface area contributed by atoms with Crippen LogP contribution >= 0.6 is 11.8 Å². The second-order valence-corrected chi connectivity index (χ2v) is 4.13. The third kappa shape index (κ3) is 3.17. The molecule has 1 aromatic carbocycles. The molecule has 0 aliphatic heterocycles. The van der Waals surface area contributed by atoms with Gasteiger partial charge in [-0.2, -0.15) is 0 Å². The van der Waals surface area contributed by atoms with Gasteiger partial charge in [-0.25, -0.2) is 9.18 Å². The van der Waals surface area contributed by atoms with E-state index < -0.39 is 33.9 Å². The first kappa shape index (κ1) is 13.9. The third-order valence-corrected chi connectivity index (χ3v) is 2.90. The maximum Gasteiger partial charge on any atom is 0.342 e. The number of aromatic carboxylic acids is 1. The lowest BCUT2D eigenvalue weighted by molar-refractivity contribution is -0.385. The highest BCUT2D eigenvalue weighted by atomic mass is 32.2. The zero-order valence-corrected chi connectivity index (χ0v) is 9.57. The number of carboxylic acid groups (broad SMARTS) is 1. The predicted octanol–water partition coefficient (Wildman–Crippen LogP) is 1.01. The summed E-state index contributed by atoms with van der Waals surface area (Å²) in [6, 6.07) is 1.32. The summed E-state index contributed by atoms with van der Waals surface area (Å²) in [7, 11) is 0. The standard InChI is InChI=1S/C9H7FN2O5S/c10-5-2-6(12(16)17)4(9(14)15)1-7(5)18-3-8(11)13/h1-2H,3H2,(H2,11,13)(H,14,15). The van der Waals surface area contributed by atoms with E-state index in [1.807, 2.05) is 0 Å². The summed E-state index contributed by atoms with van der Waals surface area (Å²) in [5.41, 5.74) is 3.37. The van der Waals surface area contributed by atoms with E-state index >= 15 is 0 Å². The van der Waals surface area contributed by atoms with Gasteiger partial charge in [-0.3, -0.25) is 14.9 Å². The lowest BCUT2D eigenvalue weighted by Gasteiger charge is -2.04. The molecular weight excluding hydrogens is 267 g/mol. The van der Waals surface area contributed by atoms with Crippen molar-refractivity contribution in [2.45, 2.75) is 4.90 Å². The van der Waals surface area contributed by atoms with Crippen LogP contribution in [-0.2, 0) is 4.79 Å². The Morgan fingerprint density at radius 2 is 2.11 bits per heavy atom. The first-order chi connectivity index (χ1) is 8.32. The van der Waals surface area contributed by atoms with Crippen molar-refractivity contribution in [3.05, 3.63) is 33.6 Å². The quantitative estimate of drug-likeness (QED) is 0.469. The summed E-state index contributed by atoms with van der Waals surface area (Å²) in [6.07, 6.45) is 0. The molecule has 7 nitrogen and oxygen atoms in total. The van der Waals surface area contributed by atoms with Crippen LogP contribution < -0.4 is 5.73 Å². The Labute approximate surface area is 104 Å². The molecule has 0 saturated heterocycles. The maximum atomic E-state index is 13.4. The van der Waals surface area contributed by atoms with Gasteiger partial charge in [-0.05, 0) is 6.07 Å². The molecule has 1 rings (SSSR count). The molecule has 1 aromatic rings. The predicted molar refractivity (Wildman–Crippen MR) is 59.9 cm³/mol. The Kier molecular flexibility index (Phi) is 4.21. The molecule has 3 N–H and O–H groups in total. The highest BCUT2D eigenvalue weighted by Crippen LogP contribution is 2.29. The minimum absolute atomic E-state index is 0.184. The average molecular weight is 274 g/mol. The van der Waals surface area contributed by atoms with Gasteiger partial charge in [0.15, 0.2) is 0 Å². The number of nitro groups is 1. The second kappa shape index (κ2) is 5.45. The number of rotatable bonds is 5. The molecule has 0 saturated carbocycles. The van der Waals surface area contributed by atoms with Crippen LogP contribution in [0.3, 0.4) is 0 Å². The van der Waals surface area contributed by atoms with Gasteiger partial charge >= 0.3 is 5.97 Å². The zero-order valence-electron chi connectivity index (χ0n) is 8.75. The fourth-order valence-corrected chi connectivity index (χ4v) is 1.82. The van der Waals surface area contributed by atoms with E-state index in [0.717, 1.165) is 6.07 Å². The molecule has 0 aromatic heterocycles. The van der Waals surface area contributed by atoms with Gasteiger partial charge in [0.25, 0.3) is 5.69 Å². The number of carbonyl (C=O) groups is 2. The number of carbonyl (C=O) groups excluding carboxylic acids is 1. The highest BCUT2D eigenvalue weighted by molar-refractivity contribution is 8.00. The lowest BCUT2D eigenvalue weighted by atomic mass is 10.2. The summed E-state index contributed by atoms with van der Waals surface area (Å²) >= 11 is 0.672. The van der Waals surface area contributed by atoms with Crippen LogP contribution in [0.25, 0.3) is 0 Å². The van der Waals surface area contributed by atoms with Crippen molar-refractivity contribution >= 4 is 29.3 Å². The van der Waals surface area contributed by atoms with E-state index in [4.69, 9.17) is 10.8 Å². The number of nitrogens with two attached hydrogens (primary N) is 1. The Morgan fingerprint density at radius 1 is 1.50 bits per heavy atom. The molecule has 96 valence electrons. The molecule has 0 aliphatic rings. The van der Waals surface area contributed by atoms with Crippen molar-refractivity contribution in [3.8, 4) is 0 Å². The topological polar surface area (TPSA) is 124 Å². The molecule has 0 radical (unpaired) electrons. The number of hydrogen-bond acceptors (Lipinski definition) is 5. The largest absolute Gasteiger partial charge is 0.477 e. The number of primary amides is 1. The summed E-state index contributed by atoms with van der Waals surface area (Å²) in [5.74, 6) is -3.50. The minimum Gasteiger partial charge on any atom is -0.477 e. The van der Waals surface area contributed by atoms with E-state index in [1.54, 1.807) is 0 Å². The fraction of sp³-hybridized carbons (Fsp3) is 0.111. The van der Waals surface area contributed by atoms with Crippen LogP contribution in [0.1, 0.15) is 10.4 Å². The third-order valence-electron chi connectivity index (χ3n) is 1.85. The number of nitrogens with zero attached hydrogens (tertiary/aromatic N) is 1. The van der Waals surface area contributed by atoms with E-state index in [0.29, 0.717) is 17.8 Å². The number of thioether (sulfide) groups is 1. The normalized spacial score (nSPS) is 10.1. The van der Waals surface area contributed by atoms with E-state index in [-0.39, 0.29) is 10.6 Å². The van der Waals surface area contributed by atoms with Crippen molar-refractivity contribution in [1.29, 1.82) is 0 Å². The van der Waals surface area contributed by atoms with Crippen LogP contribution in [0.2, 0.25) is 0 Å². The monoisotopic (exact) mass is 274 g/mol. The minimum atomic E-state index is -1.55. The first-order valence-corrected chi connectivity index (χ1v) is 5.43. The first-order valence-electron chi connectivity index (χ1n) is 4.45. The summed E-state index contributed by atoms with van der Waals surface area (Å²) in [4.78, 5) is 30.7. The van der Waals surface area contributed by atoms with Crippen LogP contribution in [0.15, 0.2) is 17.0 Å². The van der Waals surface area contributed by atoms with Gasteiger partial charge in [-0.15, -0.1) is 11.8 Å². The number of hydrogen-bond donors (Lipinski definition) is 2. The zero-order chi connectivity index (χ0) is 13.9. The Bertz CT molecular complexity index is 534. The molecule has 1 amide bonds. The fourth-order valence-electron chi connectivity index (χ4n) is 1.12. The molecule has 18 heavy (non-hydrogen) atoms. The Morgan fingerprint density at radius 3 is 2.56 bits per heavy atom. The molecule has 9 heteroatoms. The van der Waals surface area contributed by atoms with Gasteiger partial charge in [0, 0.05) is 4.90 Å². The molecule has 0 heterocycles. The van der Waals surface area contributed by atoms with E-state index in [9.17, 15) is 24.1 Å². The van der Waals surface area contributed by atoms with Gasteiger partial charge in [0.05, 0.1) is 16.7 Å². The van der Waals surface area contributed by atoms with E-state index in [2.05, 4.69) is 0 Å². The van der Waals surface area contributed by atoms with Crippen LogP contribution in [0.4, 0.5) is 10.1 Å². The van der Waals surface area contributed by atoms with Gasteiger partial charge in [0.2, 0.25) is 5.91 Å². The summed E-state index contributed by atoms with van der Waals surface area (Å²) < 4.78 is 13.4. The molecule has 0 unspecified atom stereocenters. The van der Waals surface area contributed by atoms with Crippen molar-refractivity contribution in [2.75, 3.05) is 5.75 Å². The van der Waals surface area contributed by atoms with Crippen LogP contribution in [0, 0.1) is 15.9 Å². The molecular formula is C9H7FN2O5S. The molecule has 0 bridgehead atoms. The Hall–Kier alpha value is -2.16. The number of halogens is 1. The summed E-state index contributed by atoms with van der Waals surface area (Å²) in [5, 5.41) is 19.3. The van der Waals surface area contributed by atoms with Crippen molar-refractivity contribution in [2.24, 2.45) is 5.73 Å². The number of nitro benzene ring substituents is 1. The van der Waals surface area contributed by atoms with Gasteiger partial charge < -0.3 is 10.8 Å². The smallest absolute Gasteiger partial charge is 0.342 e. The Balaban J connectivity index is 3.23. The average Bonchev–Trinajstić information content (AvgIpc) is 2.26. The van der Waals surface area contributed by atoms with Crippen molar-refractivity contribution < 1.29 is 24.0 Å². The second-order valence-electron chi connectivity index (χ2n) is 3.12. The highest BCUT2D eigenvalue weighted by Gasteiger charge is 2.23. The number of benzene rings is 1. The van der Waals surface area contributed by atoms with Crippen molar-refractivity contribution in [3.63, 3.8) is 0 Å². The molecule has 0 spiro atoms. The molecule has 0 aliphatic carbocycles. The van der Waals surface area contributed by atoms with Crippen LogP contribution in [0.5, 0.6) is 0 Å². The maximum absolute atomic E-state index is 13.4.